The Labute approximate surface area is 230 Å². The summed E-state index contributed by atoms with van der Waals surface area (Å²) >= 11 is 0. The van der Waals surface area contributed by atoms with E-state index in [1.165, 1.54) is 26.3 Å². The number of nitrogens with one attached hydrogen (secondary N) is 1. The number of pyridine rings is 1. The van der Waals surface area contributed by atoms with Gasteiger partial charge in [-0.1, -0.05) is 26.7 Å². The van der Waals surface area contributed by atoms with Gasteiger partial charge < -0.3 is 33.7 Å². The van der Waals surface area contributed by atoms with Crippen LogP contribution in [0.1, 0.15) is 83.1 Å². The Hall–Kier alpha value is -2.92. The summed E-state index contributed by atoms with van der Waals surface area (Å²) in [6.45, 7) is 7.39. The summed E-state index contributed by atoms with van der Waals surface area (Å²) in [4.78, 5) is 41.8. The number of esters is 2. The molecule has 2 fully saturated rings. The molecular formula is C28H42N2O9. The molecule has 3 rings (SSSR count). The van der Waals surface area contributed by atoms with Crippen LogP contribution in [-0.2, 0) is 28.5 Å². The lowest BCUT2D eigenvalue weighted by Crippen LogP contribution is -2.46. The Balaban J connectivity index is 1.75. The fraction of sp³-hybridized carbons (Fsp3) is 0.714. The molecule has 218 valence electrons. The molecule has 1 saturated carbocycles. The van der Waals surface area contributed by atoms with Crippen LogP contribution in [0, 0.1) is 5.92 Å². The molecule has 4 unspecified atom stereocenters. The van der Waals surface area contributed by atoms with Gasteiger partial charge in [0.25, 0.3) is 5.91 Å². The standard InChI is InChI=1S/C28H42N2O9/c1-17(2)15-35-23-12-8-11-21(28(33)38-18(3)25(23)39-20-9-6-7-10-20)30-27(32)24-26(37-16-36-19(4)31)22(34-5)13-14-29-24/h13-14,17-18,20-21,23,25H,6-12,15-16H2,1-5H3,(H,30,32). The lowest BCUT2D eigenvalue weighted by molar-refractivity contribution is -0.175. The number of aromatic nitrogens is 1. The third-order valence-electron chi connectivity index (χ3n) is 6.77. The maximum Gasteiger partial charge on any atom is 0.329 e. The first-order chi connectivity index (χ1) is 18.7. The van der Waals surface area contributed by atoms with E-state index < -0.39 is 42.9 Å². The predicted octanol–water partition coefficient (Wildman–Crippen LogP) is 3.57. The average Bonchev–Trinajstić information content (AvgIpc) is 3.42. The highest BCUT2D eigenvalue weighted by atomic mass is 16.7. The number of carbonyl (C=O) groups is 3. The van der Waals surface area contributed by atoms with Gasteiger partial charge in [0.2, 0.25) is 6.79 Å². The third kappa shape index (κ3) is 9.06. The molecule has 2 aliphatic rings. The van der Waals surface area contributed by atoms with Crippen molar-refractivity contribution in [2.24, 2.45) is 5.92 Å². The monoisotopic (exact) mass is 550 g/mol. The molecule has 39 heavy (non-hydrogen) atoms. The Morgan fingerprint density at radius 2 is 1.90 bits per heavy atom. The van der Waals surface area contributed by atoms with Crippen LogP contribution < -0.4 is 14.8 Å². The summed E-state index contributed by atoms with van der Waals surface area (Å²) in [6, 6.07) is 0.600. The highest BCUT2D eigenvalue weighted by molar-refractivity contribution is 5.98. The van der Waals surface area contributed by atoms with Gasteiger partial charge in [-0.3, -0.25) is 9.59 Å². The van der Waals surface area contributed by atoms with Gasteiger partial charge in [-0.2, -0.15) is 0 Å². The van der Waals surface area contributed by atoms with Crippen LogP contribution in [0.3, 0.4) is 0 Å². The molecule has 1 aliphatic carbocycles. The van der Waals surface area contributed by atoms with E-state index in [4.69, 9.17) is 28.4 Å². The van der Waals surface area contributed by atoms with Crippen LogP contribution in [0.5, 0.6) is 11.5 Å². The van der Waals surface area contributed by atoms with Crippen molar-refractivity contribution in [2.75, 3.05) is 20.5 Å². The normalized spacial score (nSPS) is 24.3. The van der Waals surface area contributed by atoms with Crippen LogP contribution >= 0.6 is 0 Å². The summed E-state index contributed by atoms with van der Waals surface area (Å²) in [5, 5.41) is 2.74. The van der Waals surface area contributed by atoms with Gasteiger partial charge in [0.15, 0.2) is 17.2 Å². The molecule has 11 heteroatoms. The molecular weight excluding hydrogens is 508 g/mol. The summed E-state index contributed by atoms with van der Waals surface area (Å²) in [6.07, 6.45) is 6.17. The zero-order chi connectivity index (χ0) is 28.4. The van der Waals surface area contributed by atoms with Crippen molar-refractivity contribution in [1.29, 1.82) is 0 Å². The Morgan fingerprint density at radius 3 is 2.56 bits per heavy atom. The van der Waals surface area contributed by atoms with E-state index >= 15 is 0 Å². The molecule has 0 aromatic carbocycles. The van der Waals surface area contributed by atoms with Crippen molar-refractivity contribution in [3.05, 3.63) is 18.0 Å². The van der Waals surface area contributed by atoms with E-state index in [9.17, 15) is 14.4 Å². The lowest BCUT2D eigenvalue weighted by atomic mass is 10.0. The Kier molecular flexibility index (Phi) is 11.8. The minimum Gasteiger partial charge on any atom is -0.493 e. The van der Waals surface area contributed by atoms with Crippen LogP contribution in [0.15, 0.2) is 12.3 Å². The number of nitrogens with zero attached hydrogens (tertiary/aromatic N) is 1. The summed E-state index contributed by atoms with van der Waals surface area (Å²) in [7, 11) is 1.41. The predicted molar refractivity (Wildman–Crippen MR) is 140 cm³/mol. The smallest absolute Gasteiger partial charge is 0.329 e. The molecule has 1 aliphatic heterocycles. The van der Waals surface area contributed by atoms with Crippen molar-refractivity contribution in [3.8, 4) is 11.5 Å². The number of hydrogen-bond donors (Lipinski definition) is 1. The Bertz CT molecular complexity index is 964. The van der Waals surface area contributed by atoms with E-state index in [-0.39, 0.29) is 29.4 Å². The minimum atomic E-state index is -0.912. The molecule has 4 atom stereocenters. The zero-order valence-electron chi connectivity index (χ0n) is 23.6. The van der Waals surface area contributed by atoms with Gasteiger partial charge >= 0.3 is 11.9 Å². The largest absolute Gasteiger partial charge is 0.493 e. The van der Waals surface area contributed by atoms with Crippen molar-refractivity contribution in [1.82, 2.24) is 10.3 Å². The fourth-order valence-electron chi connectivity index (χ4n) is 4.80. The van der Waals surface area contributed by atoms with E-state index in [2.05, 4.69) is 24.1 Å². The molecule has 1 amide bonds. The van der Waals surface area contributed by atoms with Gasteiger partial charge in [0, 0.05) is 25.8 Å². The van der Waals surface area contributed by atoms with Crippen LogP contribution in [0.2, 0.25) is 0 Å². The SMILES string of the molecule is COc1ccnc(C(=O)NC2CCCC(OCC(C)C)C(OC3CCCC3)C(C)OC2=O)c1OCOC(C)=O. The highest BCUT2D eigenvalue weighted by Gasteiger charge is 2.38. The molecule has 0 bridgehead atoms. The molecule has 0 spiro atoms. The lowest BCUT2D eigenvalue weighted by Gasteiger charge is -2.33. The van der Waals surface area contributed by atoms with Gasteiger partial charge in [-0.05, 0) is 44.9 Å². The third-order valence-corrected chi connectivity index (χ3v) is 6.77. The number of amides is 1. The number of hydrogen-bond acceptors (Lipinski definition) is 10. The number of rotatable bonds is 11. The molecule has 1 saturated heterocycles. The van der Waals surface area contributed by atoms with Crippen molar-refractivity contribution >= 4 is 17.8 Å². The maximum absolute atomic E-state index is 13.3. The maximum atomic E-state index is 13.3. The van der Waals surface area contributed by atoms with Crippen molar-refractivity contribution in [2.45, 2.75) is 103 Å². The van der Waals surface area contributed by atoms with Crippen LogP contribution in [0.25, 0.3) is 0 Å². The topological polar surface area (TPSA) is 132 Å². The first-order valence-corrected chi connectivity index (χ1v) is 13.8. The second-order valence-electron chi connectivity index (χ2n) is 10.5. The molecule has 1 N–H and O–H groups in total. The highest BCUT2D eigenvalue weighted by Crippen LogP contribution is 2.31. The number of carbonyl (C=O) groups excluding carboxylic acids is 3. The van der Waals surface area contributed by atoms with Gasteiger partial charge in [0.1, 0.15) is 18.2 Å². The zero-order valence-corrected chi connectivity index (χ0v) is 23.6. The second kappa shape index (κ2) is 15.0. The van der Waals surface area contributed by atoms with E-state index in [1.807, 2.05) is 6.92 Å². The van der Waals surface area contributed by atoms with Crippen molar-refractivity contribution < 1.29 is 42.8 Å². The second-order valence-corrected chi connectivity index (χ2v) is 10.5. The molecule has 0 radical (unpaired) electrons. The summed E-state index contributed by atoms with van der Waals surface area (Å²) in [5.41, 5.74) is -0.109. The average molecular weight is 551 g/mol. The first kappa shape index (κ1) is 30.6. The van der Waals surface area contributed by atoms with Crippen LogP contribution in [0.4, 0.5) is 0 Å². The molecule has 1 aromatic heterocycles. The number of cyclic esters (lactones) is 1. The number of methoxy groups -OCH3 is 1. The van der Waals surface area contributed by atoms with E-state index in [0.29, 0.717) is 31.8 Å². The van der Waals surface area contributed by atoms with Gasteiger partial charge in [0.05, 0.1) is 19.3 Å². The Morgan fingerprint density at radius 1 is 1.15 bits per heavy atom. The molecule has 2 heterocycles. The van der Waals surface area contributed by atoms with E-state index in [0.717, 1.165) is 25.7 Å². The fourth-order valence-corrected chi connectivity index (χ4v) is 4.80. The molecule has 11 nitrogen and oxygen atoms in total. The minimum absolute atomic E-state index is 0.00395. The summed E-state index contributed by atoms with van der Waals surface area (Å²) < 4.78 is 34.2. The van der Waals surface area contributed by atoms with E-state index in [1.54, 1.807) is 0 Å². The summed E-state index contributed by atoms with van der Waals surface area (Å²) in [5.74, 6) is -1.17. The quantitative estimate of drug-likeness (QED) is 0.322. The van der Waals surface area contributed by atoms with Gasteiger partial charge in [-0.15, -0.1) is 0 Å². The number of ether oxygens (including phenoxy) is 6. The van der Waals surface area contributed by atoms with Crippen LogP contribution in [-0.4, -0.2) is 73.8 Å². The van der Waals surface area contributed by atoms with Crippen molar-refractivity contribution in [3.63, 3.8) is 0 Å². The first-order valence-electron chi connectivity index (χ1n) is 13.8. The van der Waals surface area contributed by atoms with Gasteiger partial charge in [-0.25, -0.2) is 9.78 Å². The molecule has 1 aromatic rings.